The minimum Gasteiger partial charge on any atom is -0.497 e. The lowest BCUT2D eigenvalue weighted by Gasteiger charge is -2.07. The number of H-pyrrole nitrogens is 1. The fraction of sp³-hybridized carbons (Fsp3) is 0.0476. The van der Waals surface area contributed by atoms with Gasteiger partial charge in [-0.3, -0.25) is 0 Å². The van der Waals surface area contributed by atoms with Gasteiger partial charge in [-0.25, -0.2) is 8.78 Å². The number of aromatic amines is 1. The van der Waals surface area contributed by atoms with Crippen LogP contribution in [0.15, 0.2) is 60.7 Å². The van der Waals surface area contributed by atoms with Gasteiger partial charge in [0.2, 0.25) is 0 Å². The van der Waals surface area contributed by atoms with Crippen molar-refractivity contribution < 1.29 is 13.5 Å². The molecule has 5 heteroatoms. The number of nitrogens with one attached hydrogen (secondary N) is 1. The van der Waals surface area contributed by atoms with E-state index in [-0.39, 0.29) is 5.56 Å². The molecule has 3 aromatic carbocycles. The van der Waals surface area contributed by atoms with Crippen LogP contribution < -0.4 is 4.74 Å². The van der Waals surface area contributed by atoms with Crippen molar-refractivity contribution in [3.05, 3.63) is 77.3 Å². The molecule has 0 radical (unpaired) electrons. The van der Waals surface area contributed by atoms with E-state index in [1.807, 2.05) is 30.3 Å². The van der Waals surface area contributed by atoms with E-state index in [0.717, 1.165) is 22.0 Å². The zero-order valence-corrected chi connectivity index (χ0v) is 14.6. The Balaban J connectivity index is 1.82. The molecule has 0 atom stereocenters. The fourth-order valence-corrected chi connectivity index (χ4v) is 3.33. The Hall–Kier alpha value is -2.85. The highest BCUT2D eigenvalue weighted by Crippen LogP contribution is 2.34. The van der Waals surface area contributed by atoms with Gasteiger partial charge in [0.05, 0.1) is 23.4 Å². The van der Waals surface area contributed by atoms with Gasteiger partial charge in [0.25, 0.3) is 0 Å². The van der Waals surface area contributed by atoms with Crippen LogP contribution in [0.2, 0.25) is 5.02 Å². The third kappa shape index (κ3) is 2.82. The monoisotopic (exact) mass is 369 g/mol. The lowest BCUT2D eigenvalue weighted by molar-refractivity contribution is 0.415. The second kappa shape index (κ2) is 6.46. The van der Waals surface area contributed by atoms with Crippen LogP contribution in [0, 0.1) is 11.6 Å². The molecule has 1 N–H and O–H groups in total. The molecule has 0 fully saturated rings. The lowest BCUT2D eigenvalue weighted by atomic mass is 10.0. The Bertz CT molecular complexity index is 1100. The maximum atomic E-state index is 14.0. The summed E-state index contributed by atoms with van der Waals surface area (Å²) in [5, 5.41) is 1.41. The zero-order chi connectivity index (χ0) is 18.3. The first-order valence-electron chi connectivity index (χ1n) is 7.98. The van der Waals surface area contributed by atoms with E-state index in [4.69, 9.17) is 16.3 Å². The lowest BCUT2D eigenvalue weighted by Crippen LogP contribution is -1.89. The standard InChI is InChI=1S/C21H14ClF2NO/c1-26-14-6-7-15(16(22)11-14)12-5-8-19-13(9-12)10-20(25-19)21-17(23)3-2-4-18(21)24/h2-11,25H,1H3. The number of ether oxygens (including phenoxy) is 1. The van der Waals surface area contributed by atoms with Gasteiger partial charge in [0.15, 0.2) is 0 Å². The molecule has 0 aliphatic heterocycles. The average Bonchev–Trinajstić information content (AvgIpc) is 3.04. The van der Waals surface area contributed by atoms with Crippen LogP contribution in [-0.4, -0.2) is 12.1 Å². The molecule has 1 aromatic heterocycles. The summed E-state index contributed by atoms with van der Waals surface area (Å²) in [6.45, 7) is 0. The Morgan fingerprint density at radius 1 is 0.923 bits per heavy atom. The summed E-state index contributed by atoms with van der Waals surface area (Å²) in [4.78, 5) is 3.07. The normalized spacial score (nSPS) is 11.1. The minimum atomic E-state index is -0.602. The Labute approximate surface area is 154 Å². The number of halogens is 3. The zero-order valence-electron chi connectivity index (χ0n) is 13.8. The van der Waals surface area contributed by atoms with E-state index >= 15 is 0 Å². The highest BCUT2D eigenvalue weighted by atomic mass is 35.5. The van der Waals surface area contributed by atoms with Gasteiger partial charge < -0.3 is 9.72 Å². The van der Waals surface area contributed by atoms with Crippen LogP contribution in [0.3, 0.4) is 0 Å². The summed E-state index contributed by atoms with van der Waals surface area (Å²) in [7, 11) is 1.58. The molecule has 2 nitrogen and oxygen atoms in total. The predicted octanol–water partition coefficient (Wildman–Crippen LogP) is 6.44. The van der Waals surface area contributed by atoms with E-state index in [0.29, 0.717) is 16.5 Å². The molecule has 0 bridgehead atoms. The quantitative estimate of drug-likeness (QED) is 0.441. The number of hydrogen-bond donors (Lipinski definition) is 1. The van der Waals surface area contributed by atoms with Gasteiger partial charge in [-0.15, -0.1) is 0 Å². The summed E-state index contributed by atoms with van der Waals surface area (Å²) < 4.78 is 33.3. The highest BCUT2D eigenvalue weighted by Gasteiger charge is 2.14. The molecule has 0 amide bonds. The molecule has 0 aliphatic carbocycles. The number of rotatable bonds is 3. The Morgan fingerprint density at radius 2 is 1.69 bits per heavy atom. The molecule has 0 saturated carbocycles. The van der Waals surface area contributed by atoms with Gasteiger partial charge in [-0.05, 0) is 54.1 Å². The van der Waals surface area contributed by atoms with Crippen LogP contribution in [-0.2, 0) is 0 Å². The summed E-state index contributed by atoms with van der Waals surface area (Å²) in [5.41, 5.74) is 2.89. The molecule has 0 aliphatic rings. The summed E-state index contributed by atoms with van der Waals surface area (Å²) in [5.74, 6) is -0.524. The van der Waals surface area contributed by atoms with Crippen molar-refractivity contribution in [2.24, 2.45) is 0 Å². The second-order valence-electron chi connectivity index (χ2n) is 5.93. The van der Waals surface area contributed by atoms with Gasteiger partial charge in [-0.1, -0.05) is 23.7 Å². The minimum absolute atomic E-state index is 0.0623. The smallest absolute Gasteiger partial charge is 0.135 e. The van der Waals surface area contributed by atoms with Crippen molar-refractivity contribution >= 4 is 22.5 Å². The van der Waals surface area contributed by atoms with E-state index in [1.165, 1.54) is 18.2 Å². The van der Waals surface area contributed by atoms with Crippen LogP contribution in [0.1, 0.15) is 0 Å². The molecular formula is C21H14ClF2NO. The Morgan fingerprint density at radius 3 is 2.38 bits per heavy atom. The second-order valence-corrected chi connectivity index (χ2v) is 6.33. The molecule has 0 unspecified atom stereocenters. The van der Waals surface area contributed by atoms with Crippen molar-refractivity contribution in [1.82, 2.24) is 4.98 Å². The highest BCUT2D eigenvalue weighted by molar-refractivity contribution is 6.33. The average molecular weight is 370 g/mol. The summed E-state index contributed by atoms with van der Waals surface area (Å²) >= 11 is 6.35. The van der Waals surface area contributed by atoms with Crippen LogP contribution in [0.5, 0.6) is 5.75 Å². The van der Waals surface area contributed by atoms with Crippen molar-refractivity contribution in [2.45, 2.75) is 0 Å². The first kappa shape index (κ1) is 16.6. The number of hydrogen-bond acceptors (Lipinski definition) is 1. The van der Waals surface area contributed by atoms with E-state index in [9.17, 15) is 8.78 Å². The van der Waals surface area contributed by atoms with Crippen LogP contribution in [0.25, 0.3) is 33.3 Å². The number of aromatic nitrogens is 1. The van der Waals surface area contributed by atoms with Crippen molar-refractivity contribution in [1.29, 1.82) is 0 Å². The van der Waals surface area contributed by atoms with Gasteiger partial charge in [-0.2, -0.15) is 0 Å². The molecular weight excluding hydrogens is 356 g/mol. The number of methoxy groups -OCH3 is 1. The van der Waals surface area contributed by atoms with Crippen molar-refractivity contribution in [2.75, 3.05) is 7.11 Å². The molecule has 4 aromatic rings. The van der Waals surface area contributed by atoms with Gasteiger partial charge in [0.1, 0.15) is 17.4 Å². The first-order valence-corrected chi connectivity index (χ1v) is 8.35. The Kier molecular flexibility index (Phi) is 4.13. The van der Waals surface area contributed by atoms with Crippen molar-refractivity contribution in [3.8, 4) is 28.1 Å². The van der Waals surface area contributed by atoms with E-state index in [2.05, 4.69) is 4.98 Å². The molecule has 26 heavy (non-hydrogen) atoms. The molecule has 0 saturated heterocycles. The molecule has 4 rings (SSSR count). The molecule has 0 spiro atoms. The maximum absolute atomic E-state index is 14.0. The fourth-order valence-electron chi connectivity index (χ4n) is 3.05. The summed E-state index contributed by atoms with van der Waals surface area (Å²) in [6, 6.07) is 16.7. The van der Waals surface area contributed by atoms with Crippen LogP contribution in [0.4, 0.5) is 8.78 Å². The molecule has 130 valence electrons. The van der Waals surface area contributed by atoms with Gasteiger partial charge >= 0.3 is 0 Å². The first-order chi connectivity index (χ1) is 12.6. The van der Waals surface area contributed by atoms with E-state index in [1.54, 1.807) is 19.2 Å². The van der Waals surface area contributed by atoms with Gasteiger partial charge in [0, 0.05) is 16.5 Å². The largest absolute Gasteiger partial charge is 0.497 e. The van der Waals surface area contributed by atoms with Crippen LogP contribution >= 0.6 is 11.6 Å². The molecule has 1 heterocycles. The number of fused-ring (bicyclic) bond motifs is 1. The van der Waals surface area contributed by atoms with E-state index < -0.39 is 11.6 Å². The topological polar surface area (TPSA) is 25.0 Å². The SMILES string of the molecule is COc1ccc(-c2ccc3[nH]c(-c4c(F)cccc4F)cc3c2)c(Cl)c1. The third-order valence-corrected chi connectivity index (χ3v) is 4.65. The number of benzene rings is 3. The third-order valence-electron chi connectivity index (χ3n) is 4.34. The maximum Gasteiger partial charge on any atom is 0.135 e. The van der Waals surface area contributed by atoms with Crippen molar-refractivity contribution in [3.63, 3.8) is 0 Å². The summed E-state index contributed by atoms with van der Waals surface area (Å²) in [6.07, 6.45) is 0. The predicted molar refractivity (Wildman–Crippen MR) is 101 cm³/mol.